The highest BCUT2D eigenvalue weighted by Crippen LogP contribution is 2.33. The smallest absolute Gasteiger partial charge is 0.213 e. The van der Waals surface area contributed by atoms with Gasteiger partial charge < -0.3 is 5.11 Å². The molecule has 0 aliphatic carbocycles. The molecule has 0 spiro atoms. The molecule has 0 radical (unpaired) electrons. The standard InChI is InChI=1S/C11H20N2O/c1-6-7-13-10(14)9(8(2)12-13)11(3,4)5/h14H,6-7H2,1-5H3. The SMILES string of the molecule is CCCn1nc(C)c(C(C)(C)C)c1O. The summed E-state index contributed by atoms with van der Waals surface area (Å²) in [5, 5.41) is 14.3. The van der Waals surface area contributed by atoms with E-state index >= 15 is 0 Å². The number of aryl methyl sites for hydroxylation is 2. The van der Waals surface area contributed by atoms with Crippen molar-refractivity contribution in [2.45, 2.75) is 53.0 Å². The normalized spacial score (nSPS) is 12.1. The van der Waals surface area contributed by atoms with Gasteiger partial charge in [-0.1, -0.05) is 27.7 Å². The Labute approximate surface area is 85.8 Å². The first-order valence-electron chi connectivity index (χ1n) is 5.14. The van der Waals surface area contributed by atoms with Crippen LogP contribution < -0.4 is 0 Å². The van der Waals surface area contributed by atoms with Crippen molar-refractivity contribution in [1.29, 1.82) is 0 Å². The van der Waals surface area contributed by atoms with Gasteiger partial charge in [-0.05, 0) is 18.8 Å². The van der Waals surface area contributed by atoms with E-state index in [1.807, 2.05) is 6.92 Å². The molecular weight excluding hydrogens is 176 g/mol. The van der Waals surface area contributed by atoms with Crippen LogP contribution in [-0.2, 0) is 12.0 Å². The van der Waals surface area contributed by atoms with Crippen LogP contribution in [0.1, 0.15) is 45.4 Å². The molecule has 0 amide bonds. The van der Waals surface area contributed by atoms with Gasteiger partial charge >= 0.3 is 0 Å². The Morgan fingerprint density at radius 1 is 1.36 bits per heavy atom. The van der Waals surface area contributed by atoms with Crippen molar-refractivity contribution >= 4 is 0 Å². The molecule has 0 unspecified atom stereocenters. The summed E-state index contributed by atoms with van der Waals surface area (Å²) in [4.78, 5) is 0. The fourth-order valence-corrected chi connectivity index (χ4v) is 1.82. The molecule has 1 N–H and O–H groups in total. The maximum atomic E-state index is 9.98. The van der Waals surface area contributed by atoms with E-state index in [4.69, 9.17) is 0 Å². The minimum atomic E-state index is -0.0415. The Morgan fingerprint density at radius 2 is 1.93 bits per heavy atom. The average Bonchev–Trinajstić information content (AvgIpc) is 2.26. The lowest BCUT2D eigenvalue weighted by Gasteiger charge is -2.17. The summed E-state index contributed by atoms with van der Waals surface area (Å²) in [7, 11) is 0. The molecule has 1 heterocycles. The first kappa shape index (κ1) is 11.1. The van der Waals surface area contributed by atoms with Gasteiger partial charge in [-0.3, -0.25) is 0 Å². The van der Waals surface area contributed by atoms with Crippen molar-refractivity contribution in [2.24, 2.45) is 0 Å². The lowest BCUT2D eigenvalue weighted by Crippen LogP contribution is -2.12. The number of hydrogen-bond acceptors (Lipinski definition) is 2. The second kappa shape index (κ2) is 3.64. The van der Waals surface area contributed by atoms with Gasteiger partial charge in [0.25, 0.3) is 0 Å². The van der Waals surface area contributed by atoms with Crippen molar-refractivity contribution in [3.63, 3.8) is 0 Å². The summed E-state index contributed by atoms with van der Waals surface area (Å²) in [5.41, 5.74) is 1.86. The second-order valence-corrected chi connectivity index (χ2v) is 4.76. The van der Waals surface area contributed by atoms with Crippen LogP contribution in [0.15, 0.2) is 0 Å². The van der Waals surface area contributed by atoms with E-state index in [-0.39, 0.29) is 5.41 Å². The second-order valence-electron chi connectivity index (χ2n) is 4.76. The quantitative estimate of drug-likeness (QED) is 0.789. The molecule has 3 heteroatoms. The monoisotopic (exact) mass is 196 g/mol. The Kier molecular flexibility index (Phi) is 2.88. The first-order chi connectivity index (χ1) is 6.38. The van der Waals surface area contributed by atoms with E-state index in [1.54, 1.807) is 4.68 Å². The number of hydrogen-bond donors (Lipinski definition) is 1. The molecule has 0 aliphatic rings. The van der Waals surface area contributed by atoms with Gasteiger partial charge in [0, 0.05) is 12.1 Å². The molecule has 1 aromatic heterocycles. The molecule has 0 bridgehead atoms. The van der Waals surface area contributed by atoms with Gasteiger partial charge in [0.05, 0.1) is 5.69 Å². The molecule has 3 nitrogen and oxygen atoms in total. The number of rotatable bonds is 2. The zero-order valence-corrected chi connectivity index (χ0v) is 9.76. The Bertz CT molecular complexity index is 321. The largest absolute Gasteiger partial charge is 0.493 e. The molecule has 1 aromatic rings. The molecule has 0 saturated heterocycles. The van der Waals surface area contributed by atoms with E-state index in [0.717, 1.165) is 24.2 Å². The van der Waals surface area contributed by atoms with Crippen LogP contribution in [0, 0.1) is 6.92 Å². The Morgan fingerprint density at radius 3 is 2.29 bits per heavy atom. The van der Waals surface area contributed by atoms with Gasteiger partial charge in [0.1, 0.15) is 0 Å². The molecule has 14 heavy (non-hydrogen) atoms. The third-order valence-electron chi connectivity index (χ3n) is 2.29. The molecule has 0 saturated carbocycles. The zero-order chi connectivity index (χ0) is 10.9. The van der Waals surface area contributed by atoms with Gasteiger partial charge in [0.2, 0.25) is 5.88 Å². The zero-order valence-electron chi connectivity index (χ0n) is 9.76. The number of aromatic nitrogens is 2. The van der Waals surface area contributed by atoms with E-state index < -0.39 is 0 Å². The van der Waals surface area contributed by atoms with Crippen LogP contribution in [0.2, 0.25) is 0 Å². The fraction of sp³-hybridized carbons (Fsp3) is 0.727. The summed E-state index contributed by atoms with van der Waals surface area (Å²) in [6, 6.07) is 0. The Hall–Kier alpha value is -0.990. The number of aromatic hydroxyl groups is 1. The molecule has 0 aromatic carbocycles. The van der Waals surface area contributed by atoms with Crippen LogP contribution in [0.5, 0.6) is 5.88 Å². The van der Waals surface area contributed by atoms with Crippen molar-refractivity contribution < 1.29 is 5.11 Å². The summed E-state index contributed by atoms with van der Waals surface area (Å²) in [6.07, 6.45) is 0.984. The topological polar surface area (TPSA) is 38.0 Å². The van der Waals surface area contributed by atoms with Gasteiger partial charge in [-0.15, -0.1) is 0 Å². The molecule has 80 valence electrons. The van der Waals surface area contributed by atoms with Crippen molar-refractivity contribution in [3.05, 3.63) is 11.3 Å². The Balaban J connectivity index is 3.18. The maximum absolute atomic E-state index is 9.98. The van der Waals surface area contributed by atoms with Crippen molar-refractivity contribution in [2.75, 3.05) is 0 Å². The summed E-state index contributed by atoms with van der Waals surface area (Å²) in [6.45, 7) is 11.1. The molecule has 0 fully saturated rings. The average molecular weight is 196 g/mol. The lowest BCUT2D eigenvalue weighted by molar-refractivity contribution is 0.383. The molecule has 0 atom stereocenters. The minimum Gasteiger partial charge on any atom is -0.493 e. The minimum absolute atomic E-state index is 0.0415. The molecular formula is C11H20N2O. The molecule has 1 rings (SSSR count). The summed E-state index contributed by atoms with van der Waals surface area (Å²) < 4.78 is 1.69. The van der Waals surface area contributed by atoms with Gasteiger partial charge in [0.15, 0.2) is 0 Å². The summed E-state index contributed by atoms with van der Waals surface area (Å²) in [5.74, 6) is 0.330. The summed E-state index contributed by atoms with van der Waals surface area (Å²) >= 11 is 0. The predicted octanol–water partition coefficient (Wildman–Crippen LogP) is 2.60. The van der Waals surface area contributed by atoms with E-state index in [9.17, 15) is 5.11 Å². The van der Waals surface area contributed by atoms with Crippen LogP contribution in [0.3, 0.4) is 0 Å². The van der Waals surface area contributed by atoms with Crippen LogP contribution in [-0.4, -0.2) is 14.9 Å². The van der Waals surface area contributed by atoms with Gasteiger partial charge in [-0.2, -0.15) is 5.10 Å². The van der Waals surface area contributed by atoms with E-state index in [1.165, 1.54) is 0 Å². The van der Waals surface area contributed by atoms with E-state index in [2.05, 4.69) is 32.8 Å². The van der Waals surface area contributed by atoms with Crippen LogP contribution in [0.25, 0.3) is 0 Å². The fourth-order valence-electron chi connectivity index (χ4n) is 1.82. The van der Waals surface area contributed by atoms with Crippen molar-refractivity contribution in [1.82, 2.24) is 9.78 Å². The predicted molar refractivity (Wildman–Crippen MR) is 57.6 cm³/mol. The van der Waals surface area contributed by atoms with Gasteiger partial charge in [-0.25, -0.2) is 4.68 Å². The van der Waals surface area contributed by atoms with Crippen LogP contribution >= 0.6 is 0 Å². The highest BCUT2D eigenvalue weighted by Gasteiger charge is 2.25. The highest BCUT2D eigenvalue weighted by atomic mass is 16.3. The first-order valence-corrected chi connectivity index (χ1v) is 5.14. The third-order valence-corrected chi connectivity index (χ3v) is 2.29. The third kappa shape index (κ3) is 1.91. The van der Waals surface area contributed by atoms with Crippen molar-refractivity contribution in [3.8, 4) is 5.88 Å². The maximum Gasteiger partial charge on any atom is 0.213 e. The lowest BCUT2D eigenvalue weighted by atomic mass is 9.87. The molecule has 0 aliphatic heterocycles. The van der Waals surface area contributed by atoms with E-state index in [0.29, 0.717) is 5.88 Å². The highest BCUT2D eigenvalue weighted by molar-refractivity contribution is 5.36. The van der Waals surface area contributed by atoms with Crippen LogP contribution in [0.4, 0.5) is 0 Å². The number of nitrogens with zero attached hydrogens (tertiary/aromatic N) is 2.